The van der Waals surface area contributed by atoms with Gasteiger partial charge in [-0.1, -0.05) is 32.0 Å². The minimum Gasteiger partial charge on any atom is -0.314 e. The van der Waals surface area contributed by atoms with Crippen LogP contribution < -0.4 is 5.32 Å². The topological polar surface area (TPSA) is 39.1 Å². The van der Waals surface area contributed by atoms with E-state index in [2.05, 4.69) is 42.3 Å². The molecule has 1 saturated heterocycles. The molecule has 124 valence electrons. The van der Waals surface area contributed by atoms with Crippen molar-refractivity contribution >= 4 is 24.8 Å². The molecule has 1 atom stereocenters. The smallest absolute Gasteiger partial charge is 0.0995 e. The highest BCUT2D eigenvalue weighted by Gasteiger charge is 2.24. The van der Waals surface area contributed by atoms with Gasteiger partial charge in [0.25, 0.3) is 0 Å². The Balaban J connectivity index is 0.00000220. The number of nitrogens with zero attached hydrogens (tertiary/aromatic N) is 2. The van der Waals surface area contributed by atoms with Crippen molar-refractivity contribution in [2.75, 3.05) is 26.2 Å². The second kappa shape index (κ2) is 10.9. The molecule has 1 heterocycles. The maximum Gasteiger partial charge on any atom is 0.0995 e. The lowest BCUT2D eigenvalue weighted by Crippen LogP contribution is -2.45. The predicted octanol–water partition coefficient (Wildman–Crippen LogP) is 3.78. The summed E-state index contributed by atoms with van der Waals surface area (Å²) in [5, 5.41) is 12.8. The zero-order chi connectivity index (χ0) is 14.4. The van der Waals surface area contributed by atoms with Crippen LogP contribution in [0.15, 0.2) is 24.3 Å². The second-order valence-electron chi connectivity index (χ2n) is 5.97. The van der Waals surface area contributed by atoms with Crippen LogP contribution in [0, 0.1) is 17.2 Å². The van der Waals surface area contributed by atoms with Crippen LogP contribution in [0.1, 0.15) is 43.9 Å². The minimum atomic E-state index is 0. The molecule has 0 aromatic heterocycles. The predicted molar refractivity (Wildman–Crippen MR) is 96.9 cm³/mol. The number of halogens is 2. The van der Waals surface area contributed by atoms with Gasteiger partial charge in [0, 0.05) is 32.2 Å². The number of piperazine rings is 1. The van der Waals surface area contributed by atoms with Crippen molar-refractivity contribution in [1.29, 1.82) is 5.26 Å². The summed E-state index contributed by atoms with van der Waals surface area (Å²) in [6, 6.07) is 10.8. The second-order valence-corrected chi connectivity index (χ2v) is 5.97. The van der Waals surface area contributed by atoms with Crippen LogP contribution in [0.25, 0.3) is 0 Å². The molecule has 1 aromatic carbocycles. The summed E-state index contributed by atoms with van der Waals surface area (Å²) in [5.41, 5.74) is 2.04. The molecular formula is C17H27Cl2N3. The third-order valence-electron chi connectivity index (χ3n) is 4.05. The Hall–Kier alpha value is -0.790. The number of benzene rings is 1. The molecule has 3 nitrogen and oxygen atoms in total. The molecule has 1 aromatic rings. The van der Waals surface area contributed by atoms with E-state index in [9.17, 15) is 5.26 Å². The largest absolute Gasteiger partial charge is 0.314 e. The fraction of sp³-hybridized carbons (Fsp3) is 0.588. The molecule has 0 aliphatic carbocycles. The molecule has 0 spiro atoms. The monoisotopic (exact) mass is 343 g/mol. The van der Waals surface area contributed by atoms with Gasteiger partial charge in [-0.15, -0.1) is 24.8 Å². The molecule has 5 heteroatoms. The molecule has 0 unspecified atom stereocenters. The number of nitrogens with one attached hydrogen (secondary N) is 1. The lowest BCUT2D eigenvalue weighted by atomic mass is 9.93. The molecule has 1 fully saturated rings. The van der Waals surface area contributed by atoms with Crippen molar-refractivity contribution < 1.29 is 0 Å². The summed E-state index contributed by atoms with van der Waals surface area (Å²) in [5.74, 6) is 0.703. The Morgan fingerprint density at radius 2 is 1.77 bits per heavy atom. The Kier molecular flexibility index (Phi) is 10.5. The summed E-state index contributed by atoms with van der Waals surface area (Å²) < 4.78 is 0. The van der Waals surface area contributed by atoms with Crippen molar-refractivity contribution in [3.8, 4) is 6.07 Å². The average Bonchev–Trinajstić information content (AvgIpc) is 2.49. The highest BCUT2D eigenvalue weighted by Crippen LogP contribution is 2.29. The van der Waals surface area contributed by atoms with Crippen molar-refractivity contribution in [2.45, 2.75) is 32.7 Å². The third-order valence-corrected chi connectivity index (χ3v) is 4.05. The molecule has 0 saturated carbocycles. The van der Waals surface area contributed by atoms with Crippen molar-refractivity contribution in [3.63, 3.8) is 0 Å². The molecule has 0 bridgehead atoms. The summed E-state index contributed by atoms with van der Waals surface area (Å²) in [4.78, 5) is 2.54. The summed E-state index contributed by atoms with van der Waals surface area (Å²) >= 11 is 0. The Morgan fingerprint density at radius 3 is 2.36 bits per heavy atom. The van der Waals surface area contributed by atoms with Gasteiger partial charge in [-0.05, 0) is 30.4 Å². The lowest BCUT2D eigenvalue weighted by molar-refractivity contribution is 0.159. The van der Waals surface area contributed by atoms with Crippen molar-refractivity contribution in [2.24, 2.45) is 5.92 Å². The van der Waals surface area contributed by atoms with E-state index in [1.165, 1.54) is 12.0 Å². The summed E-state index contributed by atoms with van der Waals surface area (Å²) in [6.45, 7) is 8.78. The van der Waals surface area contributed by atoms with E-state index in [1.807, 2.05) is 12.1 Å². The highest BCUT2D eigenvalue weighted by molar-refractivity contribution is 5.85. The molecule has 2 rings (SSSR count). The number of hydrogen-bond donors (Lipinski definition) is 1. The van der Waals surface area contributed by atoms with Crippen LogP contribution in [0.3, 0.4) is 0 Å². The van der Waals surface area contributed by atoms with E-state index in [4.69, 9.17) is 0 Å². The number of rotatable bonds is 5. The van der Waals surface area contributed by atoms with Crippen LogP contribution >= 0.6 is 24.8 Å². The first-order valence-corrected chi connectivity index (χ1v) is 7.66. The number of hydrogen-bond acceptors (Lipinski definition) is 3. The summed E-state index contributed by atoms with van der Waals surface area (Å²) in [7, 11) is 0. The first-order valence-electron chi connectivity index (χ1n) is 7.66. The van der Waals surface area contributed by atoms with Crippen molar-refractivity contribution in [3.05, 3.63) is 35.4 Å². The van der Waals surface area contributed by atoms with Gasteiger partial charge >= 0.3 is 0 Å². The van der Waals surface area contributed by atoms with E-state index in [0.717, 1.165) is 38.2 Å². The first kappa shape index (κ1) is 21.2. The van der Waals surface area contributed by atoms with E-state index >= 15 is 0 Å². The fourth-order valence-electron chi connectivity index (χ4n) is 2.91. The lowest BCUT2D eigenvalue weighted by Gasteiger charge is -2.36. The highest BCUT2D eigenvalue weighted by atomic mass is 35.5. The molecular weight excluding hydrogens is 317 g/mol. The Labute approximate surface area is 146 Å². The third kappa shape index (κ3) is 5.78. The van der Waals surface area contributed by atoms with E-state index in [0.29, 0.717) is 12.0 Å². The van der Waals surface area contributed by atoms with Crippen molar-refractivity contribution in [1.82, 2.24) is 10.2 Å². The van der Waals surface area contributed by atoms with Gasteiger partial charge in [-0.2, -0.15) is 5.26 Å². The normalized spacial score (nSPS) is 16.3. The van der Waals surface area contributed by atoms with Gasteiger partial charge in [0.05, 0.1) is 11.6 Å². The molecule has 0 amide bonds. The molecule has 22 heavy (non-hydrogen) atoms. The zero-order valence-electron chi connectivity index (χ0n) is 13.4. The van der Waals surface area contributed by atoms with Gasteiger partial charge in [0.15, 0.2) is 0 Å². The van der Waals surface area contributed by atoms with Crippen LogP contribution in [0.2, 0.25) is 0 Å². The van der Waals surface area contributed by atoms with E-state index in [1.54, 1.807) is 0 Å². The van der Waals surface area contributed by atoms with Gasteiger partial charge in [0.2, 0.25) is 0 Å². The first-order chi connectivity index (χ1) is 9.72. The number of nitriles is 1. The van der Waals surface area contributed by atoms with E-state index in [-0.39, 0.29) is 24.8 Å². The van der Waals surface area contributed by atoms with Crippen LogP contribution in [0.4, 0.5) is 0 Å². The molecule has 1 aliphatic heterocycles. The molecule has 0 radical (unpaired) electrons. The molecule has 1 N–H and O–H groups in total. The Morgan fingerprint density at radius 1 is 1.14 bits per heavy atom. The van der Waals surface area contributed by atoms with E-state index < -0.39 is 0 Å². The zero-order valence-corrected chi connectivity index (χ0v) is 15.1. The average molecular weight is 344 g/mol. The van der Waals surface area contributed by atoms with Crippen LogP contribution in [0.5, 0.6) is 0 Å². The quantitative estimate of drug-likeness (QED) is 0.883. The Bertz CT molecular complexity index is 465. The molecule has 1 aliphatic rings. The maximum absolute atomic E-state index is 9.36. The van der Waals surface area contributed by atoms with Gasteiger partial charge in [-0.3, -0.25) is 4.90 Å². The maximum atomic E-state index is 9.36. The van der Waals surface area contributed by atoms with Gasteiger partial charge in [0.1, 0.15) is 0 Å². The minimum absolute atomic E-state index is 0. The van der Waals surface area contributed by atoms with Crippen LogP contribution in [-0.4, -0.2) is 31.1 Å². The van der Waals surface area contributed by atoms with Gasteiger partial charge in [-0.25, -0.2) is 0 Å². The SMILES string of the molecule is CC(C)CC[C@@H](c1ccccc1C#N)N1CCNCC1.Cl.Cl. The van der Waals surface area contributed by atoms with Crippen LogP contribution in [-0.2, 0) is 0 Å². The summed E-state index contributed by atoms with van der Waals surface area (Å²) in [6.07, 6.45) is 2.34. The standard InChI is InChI=1S/C17H25N3.2ClH/c1-14(2)7-8-17(20-11-9-19-10-12-20)16-6-4-3-5-15(16)13-18;;/h3-6,14,17,19H,7-12H2,1-2H3;2*1H/t17-;;/m0../s1. The van der Waals surface area contributed by atoms with Gasteiger partial charge < -0.3 is 5.32 Å². The fourth-order valence-corrected chi connectivity index (χ4v) is 2.91.